The van der Waals surface area contributed by atoms with Crippen LogP contribution in [0.15, 0.2) is 82.2 Å². The van der Waals surface area contributed by atoms with Crippen LogP contribution < -0.4 is 23.7 Å². The SMILES string of the molecule is COc1ccc(-c2csc(=NCc3ccccc3)n2N=C(C)c2ccc3c(c2)OCO3)c(OC)c1. The third kappa shape index (κ3) is 4.79. The zero-order valence-electron chi connectivity index (χ0n) is 19.7. The predicted octanol–water partition coefficient (Wildman–Crippen LogP) is 5.34. The molecule has 0 saturated heterocycles. The van der Waals surface area contributed by atoms with E-state index in [0.717, 1.165) is 50.1 Å². The zero-order chi connectivity index (χ0) is 24.2. The highest BCUT2D eigenvalue weighted by Crippen LogP contribution is 2.35. The maximum Gasteiger partial charge on any atom is 0.231 e. The van der Waals surface area contributed by atoms with Gasteiger partial charge in [-0.3, -0.25) is 4.99 Å². The van der Waals surface area contributed by atoms with Gasteiger partial charge < -0.3 is 18.9 Å². The predicted molar refractivity (Wildman–Crippen MR) is 137 cm³/mol. The summed E-state index contributed by atoms with van der Waals surface area (Å²) in [5.41, 5.74) is 4.66. The molecule has 1 aromatic heterocycles. The maximum absolute atomic E-state index is 5.68. The molecule has 5 rings (SSSR count). The molecule has 0 spiro atoms. The molecule has 0 atom stereocenters. The normalized spacial score (nSPS) is 13.2. The quantitative estimate of drug-likeness (QED) is 0.330. The minimum Gasteiger partial charge on any atom is -0.497 e. The van der Waals surface area contributed by atoms with Gasteiger partial charge in [-0.25, -0.2) is 4.68 Å². The first-order valence-electron chi connectivity index (χ1n) is 11.1. The molecule has 0 fully saturated rings. The van der Waals surface area contributed by atoms with Gasteiger partial charge in [-0.1, -0.05) is 30.3 Å². The van der Waals surface area contributed by atoms with E-state index >= 15 is 0 Å². The second kappa shape index (κ2) is 10.1. The lowest BCUT2D eigenvalue weighted by molar-refractivity contribution is 0.174. The Balaban J connectivity index is 1.62. The van der Waals surface area contributed by atoms with Gasteiger partial charge in [0.1, 0.15) is 11.5 Å². The molecular formula is C27H25N3O4S. The molecule has 0 saturated carbocycles. The summed E-state index contributed by atoms with van der Waals surface area (Å²) in [6.07, 6.45) is 0. The summed E-state index contributed by atoms with van der Waals surface area (Å²) in [4.78, 5) is 5.66. The molecule has 4 aromatic rings. The van der Waals surface area contributed by atoms with Crippen molar-refractivity contribution in [1.29, 1.82) is 0 Å². The number of ether oxygens (including phenoxy) is 4. The van der Waals surface area contributed by atoms with Crippen molar-refractivity contribution < 1.29 is 18.9 Å². The van der Waals surface area contributed by atoms with Gasteiger partial charge in [0.15, 0.2) is 11.5 Å². The van der Waals surface area contributed by atoms with Crippen LogP contribution >= 0.6 is 11.3 Å². The third-order valence-corrected chi connectivity index (χ3v) is 6.50. The van der Waals surface area contributed by atoms with Crippen molar-refractivity contribution in [3.63, 3.8) is 0 Å². The largest absolute Gasteiger partial charge is 0.497 e. The first-order chi connectivity index (χ1) is 17.2. The first kappa shape index (κ1) is 22.7. The van der Waals surface area contributed by atoms with Crippen LogP contribution in [0.3, 0.4) is 0 Å². The molecule has 7 nitrogen and oxygen atoms in total. The topological polar surface area (TPSA) is 66.6 Å². The number of benzene rings is 3. The Bertz CT molecular complexity index is 1440. The maximum atomic E-state index is 5.68. The molecule has 8 heteroatoms. The molecule has 1 aliphatic rings. The number of nitrogens with zero attached hydrogens (tertiary/aromatic N) is 3. The summed E-state index contributed by atoms with van der Waals surface area (Å²) in [6, 6.07) is 21.8. The Morgan fingerprint density at radius 2 is 1.80 bits per heavy atom. The Kier molecular flexibility index (Phi) is 6.54. The van der Waals surface area contributed by atoms with Crippen molar-refractivity contribution in [3.8, 4) is 34.3 Å². The fraction of sp³-hybridized carbons (Fsp3) is 0.185. The number of methoxy groups -OCH3 is 2. The summed E-state index contributed by atoms with van der Waals surface area (Å²) in [5, 5.41) is 7.03. The van der Waals surface area contributed by atoms with Crippen molar-refractivity contribution in [2.75, 3.05) is 21.0 Å². The van der Waals surface area contributed by atoms with Crippen LogP contribution in [0.1, 0.15) is 18.1 Å². The molecule has 178 valence electrons. The van der Waals surface area contributed by atoms with E-state index in [2.05, 4.69) is 12.1 Å². The molecule has 0 N–H and O–H groups in total. The van der Waals surface area contributed by atoms with Gasteiger partial charge >= 0.3 is 0 Å². The van der Waals surface area contributed by atoms with Crippen LogP contribution in [0.4, 0.5) is 0 Å². The van der Waals surface area contributed by atoms with E-state index in [4.69, 9.17) is 29.0 Å². The highest BCUT2D eigenvalue weighted by atomic mass is 32.1. The molecule has 1 aliphatic heterocycles. The Hall–Kier alpha value is -4.04. The highest BCUT2D eigenvalue weighted by molar-refractivity contribution is 7.07. The van der Waals surface area contributed by atoms with Crippen molar-refractivity contribution in [1.82, 2.24) is 4.68 Å². The van der Waals surface area contributed by atoms with E-state index < -0.39 is 0 Å². The van der Waals surface area contributed by atoms with Gasteiger partial charge in [-0.15, -0.1) is 11.3 Å². The fourth-order valence-corrected chi connectivity index (χ4v) is 4.59. The monoisotopic (exact) mass is 487 g/mol. The molecule has 0 bridgehead atoms. The summed E-state index contributed by atoms with van der Waals surface area (Å²) in [5.74, 6) is 2.88. The van der Waals surface area contributed by atoms with E-state index in [0.29, 0.717) is 12.3 Å². The second-order valence-electron chi connectivity index (χ2n) is 7.84. The van der Waals surface area contributed by atoms with E-state index in [9.17, 15) is 0 Å². The van der Waals surface area contributed by atoms with Crippen molar-refractivity contribution in [3.05, 3.63) is 88.0 Å². The van der Waals surface area contributed by atoms with Gasteiger partial charge in [-0.05, 0) is 42.8 Å². The molecular weight excluding hydrogens is 462 g/mol. The summed E-state index contributed by atoms with van der Waals surface area (Å²) >= 11 is 1.53. The molecule has 0 aliphatic carbocycles. The zero-order valence-corrected chi connectivity index (χ0v) is 20.5. The lowest BCUT2D eigenvalue weighted by Crippen LogP contribution is -2.14. The number of hydrogen-bond acceptors (Lipinski definition) is 7. The van der Waals surface area contributed by atoms with E-state index in [1.807, 2.05) is 71.6 Å². The van der Waals surface area contributed by atoms with Crippen LogP contribution in [0.25, 0.3) is 11.3 Å². The van der Waals surface area contributed by atoms with Crippen molar-refractivity contribution >= 4 is 17.0 Å². The van der Waals surface area contributed by atoms with Crippen LogP contribution in [0.5, 0.6) is 23.0 Å². The number of fused-ring (bicyclic) bond motifs is 1. The number of hydrogen-bond donors (Lipinski definition) is 0. The van der Waals surface area contributed by atoms with Crippen LogP contribution in [0, 0.1) is 0 Å². The van der Waals surface area contributed by atoms with Crippen LogP contribution in [-0.4, -0.2) is 31.4 Å². The minimum atomic E-state index is 0.234. The lowest BCUT2D eigenvalue weighted by Gasteiger charge is -2.12. The highest BCUT2D eigenvalue weighted by Gasteiger charge is 2.17. The molecule has 3 aromatic carbocycles. The Morgan fingerprint density at radius 3 is 2.60 bits per heavy atom. The van der Waals surface area contributed by atoms with Gasteiger partial charge in [0.2, 0.25) is 11.6 Å². The van der Waals surface area contributed by atoms with Gasteiger partial charge in [0.25, 0.3) is 0 Å². The average Bonchev–Trinajstić information content (AvgIpc) is 3.54. The molecule has 0 amide bonds. The lowest BCUT2D eigenvalue weighted by atomic mass is 10.1. The van der Waals surface area contributed by atoms with Crippen molar-refractivity contribution in [2.45, 2.75) is 13.5 Å². The number of thiazole rings is 1. The Morgan fingerprint density at radius 1 is 0.971 bits per heavy atom. The van der Waals surface area contributed by atoms with Gasteiger partial charge in [0, 0.05) is 22.6 Å². The van der Waals surface area contributed by atoms with E-state index in [1.165, 1.54) is 11.3 Å². The molecule has 0 radical (unpaired) electrons. The smallest absolute Gasteiger partial charge is 0.231 e. The van der Waals surface area contributed by atoms with Gasteiger partial charge in [0.05, 0.1) is 32.2 Å². The van der Waals surface area contributed by atoms with E-state index in [-0.39, 0.29) is 6.79 Å². The summed E-state index contributed by atoms with van der Waals surface area (Å²) in [7, 11) is 3.29. The summed E-state index contributed by atoms with van der Waals surface area (Å²) in [6.45, 7) is 2.76. The fourth-order valence-electron chi connectivity index (χ4n) is 3.77. The average molecular weight is 488 g/mol. The van der Waals surface area contributed by atoms with E-state index in [1.54, 1.807) is 14.2 Å². The first-order valence-corrected chi connectivity index (χ1v) is 12.0. The summed E-state index contributed by atoms with van der Waals surface area (Å²) < 4.78 is 23.9. The minimum absolute atomic E-state index is 0.234. The molecule has 0 unspecified atom stereocenters. The third-order valence-electron chi connectivity index (χ3n) is 5.65. The second-order valence-corrected chi connectivity index (χ2v) is 8.67. The Labute approximate surface area is 207 Å². The standard InChI is InChI=1S/C27H25N3O4S/c1-18(20-9-12-24-26(13-20)34-17-33-24)29-30-23(22-11-10-21(31-2)14-25(22)32-3)16-35-27(30)28-15-19-7-5-4-6-8-19/h4-14,16H,15,17H2,1-3H3. The van der Waals surface area contributed by atoms with Crippen LogP contribution in [-0.2, 0) is 6.54 Å². The molecule has 35 heavy (non-hydrogen) atoms. The van der Waals surface area contributed by atoms with Crippen LogP contribution in [0.2, 0.25) is 0 Å². The molecule has 2 heterocycles. The number of rotatable bonds is 7. The van der Waals surface area contributed by atoms with Crippen molar-refractivity contribution in [2.24, 2.45) is 10.1 Å². The van der Waals surface area contributed by atoms with Gasteiger partial charge in [-0.2, -0.15) is 5.10 Å². The number of aromatic nitrogens is 1.